The molecule has 0 spiro atoms. The lowest BCUT2D eigenvalue weighted by Crippen LogP contribution is -2.11. The summed E-state index contributed by atoms with van der Waals surface area (Å²) in [5.41, 5.74) is 1.15. The molecule has 0 saturated carbocycles. The third-order valence-electron chi connectivity index (χ3n) is 1.88. The summed E-state index contributed by atoms with van der Waals surface area (Å²) in [4.78, 5) is 6.48. The number of nitrogens with zero attached hydrogens (tertiary/aromatic N) is 4. The second-order valence-corrected chi connectivity index (χ2v) is 3.16. The standard InChI is InChI=1S/C9H7F3N4/c1-6-2-3-16(15-6)7-4-13-8(14-5-7)9(10,11)12/h2-5H,1H3. The number of hydrogen-bond donors (Lipinski definition) is 0. The van der Waals surface area contributed by atoms with Crippen molar-refractivity contribution in [3.8, 4) is 5.69 Å². The Morgan fingerprint density at radius 2 is 1.81 bits per heavy atom. The molecule has 84 valence electrons. The number of rotatable bonds is 1. The Morgan fingerprint density at radius 3 is 2.25 bits per heavy atom. The summed E-state index contributed by atoms with van der Waals surface area (Å²) < 4.78 is 37.9. The van der Waals surface area contributed by atoms with Gasteiger partial charge in [0.05, 0.1) is 18.1 Å². The molecule has 0 bridgehead atoms. The second kappa shape index (κ2) is 3.58. The summed E-state index contributed by atoms with van der Waals surface area (Å²) in [5.74, 6) is -1.15. The van der Waals surface area contributed by atoms with Crippen molar-refractivity contribution >= 4 is 0 Å². The molecule has 2 aromatic rings. The summed E-state index contributed by atoms with van der Waals surface area (Å²) in [6, 6.07) is 1.73. The first kappa shape index (κ1) is 10.6. The van der Waals surface area contributed by atoms with E-state index in [1.54, 1.807) is 19.2 Å². The van der Waals surface area contributed by atoms with Gasteiger partial charge in [0.15, 0.2) is 0 Å². The predicted molar refractivity (Wildman–Crippen MR) is 48.9 cm³/mol. The molecule has 7 heteroatoms. The molecule has 2 rings (SSSR count). The van der Waals surface area contributed by atoms with Crippen molar-refractivity contribution in [2.24, 2.45) is 0 Å². The molecule has 0 aromatic carbocycles. The third-order valence-corrected chi connectivity index (χ3v) is 1.88. The zero-order valence-corrected chi connectivity index (χ0v) is 8.23. The number of aromatic nitrogens is 4. The van der Waals surface area contributed by atoms with Crippen LogP contribution in [0.2, 0.25) is 0 Å². The van der Waals surface area contributed by atoms with Crippen molar-refractivity contribution in [1.29, 1.82) is 0 Å². The van der Waals surface area contributed by atoms with Crippen molar-refractivity contribution in [2.45, 2.75) is 13.1 Å². The van der Waals surface area contributed by atoms with Gasteiger partial charge in [-0.05, 0) is 13.0 Å². The molecule has 0 aliphatic rings. The smallest absolute Gasteiger partial charge is 0.238 e. The van der Waals surface area contributed by atoms with Crippen molar-refractivity contribution in [3.63, 3.8) is 0 Å². The molecule has 0 saturated heterocycles. The Kier molecular flexibility index (Phi) is 2.37. The maximum absolute atomic E-state index is 12.2. The van der Waals surface area contributed by atoms with Crippen molar-refractivity contribution in [1.82, 2.24) is 19.7 Å². The van der Waals surface area contributed by atoms with Gasteiger partial charge in [-0.25, -0.2) is 14.6 Å². The van der Waals surface area contributed by atoms with Gasteiger partial charge >= 0.3 is 6.18 Å². The largest absolute Gasteiger partial charge is 0.451 e. The fraction of sp³-hybridized carbons (Fsp3) is 0.222. The first-order chi connectivity index (χ1) is 7.47. The Labute approximate surface area is 88.8 Å². The molecule has 0 atom stereocenters. The molecule has 2 heterocycles. The molecule has 0 aliphatic heterocycles. The van der Waals surface area contributed by atoms with Crippen molar-refractivity contribution < 1.29 is 13.2 Å². The van der Waals surface area contributed by atoms with E-state index < -0.39 is 12.0 Å². The molecular formula is C9H7F3N4. The molecule has 4 nitrogen and oxygen atoms in total. The van der Waals surface area contributed by atoms with Gasteiger partial charge in [-0.1, -0.05) is 0 Å². The Hall–Kier alpha value is -1.92. The van der Waals surface area contributed by atoms with E-state index in [1.165, 1.54) is 4.68 Å². The van der Waals surface area contributed by atoms with Crippen LogP contribution in [-0.2, 0) is 6.18 Å². The van der Waals surface area contributed by atoms with Crippen LogP contribution in [0.3, 0.4) is 0 Å². The van der Waals surface area contributed by atoms with Crippen LogP contribution < -0.4 is 0 Å². The lowest BCUT2D eigenvalue weighted by atomic mass is 10.5. The molecule has 0 aliphatic carbocycles. The maximum Gasteiger partial charge on any atom is 0.451 e. The van der Waals surface area contributed by atoms with Crippen LogP contribution in [0.1, 0.15) is 11.5 Å². The molecule has 0 radical (unpaired) electrons. The topological polar surface area (TPSA) is 43.6 Å². The van der Waals surface area contributed by atoms with E-state index in [1.807, 2.05) is 0 Å². The minimum absolute atomic E-state index is 0.390. The summed E-state index contributed by atoms with van der Waals surface area (Å²) in [5, 5.41) is 4.03. The normalized spacial score (nSPS) is 11.8. The summed E-state index contributed by atoms with van der Waals surface area (Å²) >= 11 is 0. The van der Waals surface area contributed by atoms with Gasteiger partial charge in [-0.15, -0.1) is 0 Å². The van der Waals surface area contributed by atoms with Gasteiger partial charge in [-0.2, -0.15) is 18.3 Å². The Bertz CT molecular complexity index is 486. The minimum Gasteiger partial charge on any atom is -0.238 e. The number of aryl methyl sites for hydroxylation is 1. The van der Waals surface area contributed by atoms with E-state index >= 15 is 0 Å². The van der Waals surface area contributed by atoms with E-state index in [4.69, 9.17) is 0 Å². The highest BCUT2D eigenvalue weighted by molar-refractivity contribution is 5.24. The van der Waals surface area contributed by atoms with Crippen LogP contribution in [0.5, 0.6) is 0 Å². The Balaban J connectivity index is 2.33. The highest BCUT2D eigenvalue weighted by atomic mass is 19.4. The zero-order chi connectivity index (χ0) is 11.8. The molecule has 16 heavy (non-hydrogen) atoms. The quantitative estimate of drug-likeness (QED) is 0.749. The third kappa shape index (κ3) is 2.02. The van der Waals surface area contributed by atoms with Crippen molar-refractivity contribution in [2.75, 3.05) is 0 Å². The van der Waals surface area contributed by atoms with E-state index in [2.05, 4.69) is 15.1 Å². The first-order valence-corrected chi connectivity index (χ1v) is 4.39. The average molecular weight is 228 g/mol. The minimum atomic E-state index is -4.52. The highest BCUT2D eigenvalue weighted by Crippen LogP contribution is 2.25. The monoisotopic (exact) mass is 228 g/mol. The van der Waals surface area contributed by atoms with Crippen LogP contribution in [0, 0.1) is 6.92 Å². The van der Waals surface area contributed by atoms with E-state index in [-0.39, 0.29) is 0 Å². The molecule has 0 unspecified atom stereocenters. The predicted octanol–water partition coefficient (Wildman–Crippen LogP) is 1.99. The maximum atomic E-state index is 12.2. The van der Waals surface area contributed by atoms with Crippen LogP contribution >= 0.6 is 0 Å². The van der Waals surface area contributed by atoms with Gasteiger partial charge in [-0.3, -0.25) is 0 Å². The fourth-order valence-corrected chi connectivity index (χ4v) is 1.14. The number of alkyl halides is 3. The summed E-state index contributed by atoms with van der Waals surface area (Å²) in [6.07, 6.45) is -0.718. The van der Waals surface area contributed by atoms with Gasteiger partial charge in [0, 0.05) is 6.20 Å². The lowest BCUT2D eigenvalue weighted by Gasteiger charge is -2.05. The molecule has 0 fully saturated rings. The molecular weight excluding hydrogens is 221 g/mol. The van der Waals surface area contributed by atoms with Crippen LogP contribution in [-0.4, -0.2) is 19.7 Å². The van der Waals surface area contributed by atoms with Crippen LogP contribution in [0.25, 0.3) is 5.69 Å². The molecule has 0 N–H and O–H groups in total. The van der Waals surface area contributed by atoms with Gasteiger partial charge in [0.25, 0.3) is 0 Å². The van der Waals surface area contributed by atoms with E-state index in [0.717, 1.165) is 18.1 Å². The zero-order valence-electron chi connectivity index (χ0n) is 8.23. The molecule has 0 amide bonds. The van der Waals surface area contributed by atoms with Gasteiger partial charge < -0.3 is 0 Å². The Morgan fingerprint density at radius 1 is 1.19 bits per heavy atom. The van der Waals surface area contributed by atoms with Crippen LogP contribution in [0.15, 0.2) is 24.7 Å². The fourth-order valence-electron chi connectivity index (χ4n) is 1.14. The summed E-state index contributed by atoms with van der Waals surface area (Å²) in [6.45, 7) is 1.78. The average Bonchev–Trinajstić information content (AvgIpc) is 2.64. The number of hydrogen-bond acceptors (Lipinski definition) is 3. The summed E-state index contributed by atoms with van der Waals surface area (Å²) in [7, 11) is 0. The SMILES string of the molecule is Cc1ccn(-c2cnc(C(F)(F)F)nc2)n1. The van der Waals surface area contributed by atoms with E-state index in [0.29, 0.717) is 5.69 Å². The lowest BCUT2D eigenvalue weighted by molar-refractivity contribution is -0.145. The second-order valence-electron chi connectivity index (χ2n) is 3.16. The highest BCUT2D eigenvalue weighted by Gasteiger charge is 2.34. The number of halogens is 3. The molecule has 2 aromatic heterocycles. The van der Waals surface area contributed by atoms with Gasteiger partial charge in [0.2, 0.25) is 5.82 Å². The van der Waals surface area contributed by atoms with E-state index in [9.17, 15) is 13.2 Å². The van der Waals surface area contributed by atoms with Crippen LogP contribution in [0.4, 0.5) is 13.2 Å². The first-order valence-electron chi connectivity index (χ1n) is 4.39. The van der Waals surface area contributed by atoms with Gasteiger partial charge in [0.1, 0.15) is 5.69 Å². The van der Waals surface area contributed by atoms with Crippen molar-refractivity contribution in [3.05, 3.63) is 36.2 Å².